The lowest BCUT2D eigenvalue weighted by Crippen LogP contribution is -2.25. The summed E-state index contributed by atoms with van der Waals surface area (Å²) in [4.78, 5) is 28.5. The quantitative estimate of drug-likeness (QED) is 0.649. The Morgan fingerprint density at radius 2 is 1.79 bits per heavy atom. The lowest BCUT2D eigenvalue weighted by atomic mass is 10.1. The zero-order valence-electron chi connectivity index (χ0n) is 13.1. The monoisotopic (exact) mass is 327 g/mol. The fourth-order valence-electron chi connectivity index (χ4n) is 2.62. The molecule has 0 spiro atoms. The van der Waals surface area contributed by atoms with Gasteiger partial charge in [0.1, 0.15) is 5.82 Å². The van der Waals surface area contributed by atoms with Crippen LogP contribution in [0.1, 0.15) is 17.5 Å². The Hall–Kier alpha value is -2.89. The topological polar surface area (TPSA) is 77.8 Å². The van der Waals surface area contributed by atoms with Gasteiger partial charge in [-0.05, 0) is 48.2 Å². The van der Waals surface area contributed by atoms with Gasteiger partial charge in [-0.1, -0.05) is 18.2 Å². The van der Waals surface area contributed by atoms with Crippen molar-refractivity contribution in [1.29, 1.82) is 0 Å². The third-order valence-corrected chi connectivity index (χ3v) is 3.85. The highest BCUT2D eigenvalue weighted by Gasteiger charge is 2.04. The summed E-state index contributed by atoms with van der Waals surface area (Å²) in [7, 11) is 0. The molecule has 3 N–H and O–H groups in total. The molecule has 0 aliphatic heterocycles. The summed E-state index contributed by atoms with van der Waals surface area (Å²) in [6.45, 7) is 0.516. The first-order valence-electron chi connectivity index (χ1n) is 7.82. The smallest absolute Gasteiger partial charge is 0.323 e. The largest absolute Gasteiger partial charge is 0.356 e. The lowest BCUT2D eigenvalue weighted by Gasteiger charge is -2.06. The Kier molecular flexibility index (Phi) is 4.74. The van der Waals surface area contributed by atoms with Crippen molar-refractivity contribution in [3.8, 4) is 0 Å². The zero-order valence-corrected chi connectivity index (χ0v) is 13.1. The molecule has 24 heavy (non-hydrogen) atoms. The van der Waals surface area contributed by atoms with E-state index in [1.165, 1.54) is 12.1 Å². The van der Waals surface area contributed by atoms with Crippen molar-refractivity contribution in [2.24, 2.45) is 0 Å². The van der Waals surface area contributed by atoms with E-state index in [1.54, 1.807) is 6.07 Å². The first-order chi connectivity index (χ1) is 11.6. The summed E-state index contributed by atoms with van der Waals surface area (Å²) in [5.74, 6) is -0.346. The summed E-state index contributed by atoms with van der Waals surface area (Å²) >= 11 is 0. The third-order valence-electron chi connectivity index (χ3n) is 3.85. The number of benzene rings is 2. The van der Waals surface area contributed by atoms with Gasteiger partial charge in [0, 0.05) is 13.0 Å². The molecule has 6 heteroatoms. The van der Waals surface area contributed by atoms with Gasteiger partial charge < -0.3 is 15.3 Å². The van der Waals surface area contributed by atoms with Crippen LogP contribution in [-0.4, -0.2) is 22.4 Å². The van der Waals surface area contributed by atoms with E-state index in [2.05, 4.69) is 15.3 Å². The fourth-order valence-corrected chi connectivity index (χ4v) is 2.62. The van der Waals surface area contributed by atoms with Crippen molar-refractivity contribution in [2.75, 3.05) is 6.54 Å². The minimum atomic E-state index is -0.286. The molecule has 0 aliphatic carbocycles. The van der Waals surface area contributed by atoms with Crippen LogP contribution >= 0.6 is 0 Å². The van der Waals surface area contributed by atoms with Crippen molar-refractivity contribution in [1.82, 2.24) is 15.3 Å². The number of aryl methyl sites for hydroxylation is 1. The molecule has 3 rings (SSSR count). The molecule has 1 heterocycles. The summed E-state index contributed by atoms with van der Waals surface area (Å²) in [6, 6.07) is 11.9. The van der Waals surface area contributed by atoms with Gasteiger partial charge in [-0.25, -0.2) is 9.18 Å². The van der Waals surface area contributed by atoms with Crippen molar-refractivity contribution >= 4 is 16.9 Å². The summed E-state index contributed by atoms with van der Waals surface area (Å²) < 4.78 is 13.1. The Balaban J connectivity index is 1.46. The van der Waals surface area contributed by atoms with Gasteiger partial charge in [-0.3, -0.25) is 4.79 Å². The maximum absolute atomic E-state index is 13.1. The van der Waals surface area contributed by atoms with Gasteiger partial charge in [0.05, 0.1) is 11.0 Å². The number of imidazole rings is 1. The number of rotatable bonds is 6. The molecule has 0 atom stereocenters. The van der Waals surface area contributed by atoms with Crippen LogP contribution < -0.4 is 11.0 Å². The van der Waals surface area contributed by atoms with Crippen molar-refractivity contribution in [3.05, 3.63) is 69.9 Å². The van der Waals surface area contributed by atoms with Crippen LogP contribution in [0.25, 0.3) is 11.0 Å². The molecule has 3 aromatic rings. The van der Waals surface area contributed by atoms with Crippen LogP contribution in [0, 0.1) is 5.82 Å². The third kappa shape index (κ3) is 4.10. The minimum Gasteiger partial charge on any atom is -0.356 e. The fraction of sp³-hybridized carbons (Fsp3) is 0.222. The van der Waals surface area contributed by atoms with Gasteiger partial charge in [-0.2, -0.15) is 0 Å². The molecule has 0 aliphatic rings. The number of hydrogen-bond donors (Lipinski definition) is 3. The number of aromatic amines is 2. The average molecular weight is 327 g/mol. The van der Waals surface area contributed by atoms with E-state index in [1.807, 2.05) is 24.3 Å². The molecule has 124 valence electrons. The first kappa shape index (κ1) is 16.0. The number of H-pyrrole nitrogens is 2. The molecule has 0 saturated carbocycles. The van der Waals surface area contributed by atoms with Crippen LogP contribution in [-0.2, 0) is 17.6 Å². The maximum Gasteiger partial charge on any atom is 0.323 e. The molecule has 0 unspecified atom stereocenters. The number of aromatic nitrogens is 2. The summed E-state index contributed by atoms with van der Waals surface area (Å²) in [5, 5.41) is 2.86. The van der Waals surface area contributed by atoms with Gasteiger partial charge in [0.2, 0.25) is 5.91 Å². The first-order valence-corrected chi connectivity index (χ1v) is 7.82. The summed E-state index contributed by atoms with van der Waals surface area (Å²) in [6.07, 6.45) is 1.52. The number of nitrogens with one attached hydrogen (secondary N) is 3. The molecule has 1 amide bonds. The highest BCUT2D eigenvalue weighted by molar-refractivity contribution is 5.76. The summed E-state index contributed by atoms with van der Waals surface area (Å²) in [5.41, 5.74) is 3.14. The van der Waals surface area contributed by atoms with E-state index in [0.717, 1.165) is 22.2 Å². The highest BCUT2D eigenvalue weighted by Crippen LogP contribution is 2.10. The van der Waals surface area contributed by atoms with Crippen LogP contribution in [0.5, 0.6) is 0 Å². The van der Waals surface area contributed by atoms with E-state index >= 15 is 0 Å². The molecular weight excluding hydrogens is 309 g/mol. The van der Waals surface area contributed by atoms with Crippen LogP contribution in [0.2, 0.25) is 0 Å². The van der Waals surface area contributed by atoms with E-state index in [9.17, 15) is 14.0 Å². The molecule has 0 radical (unpaired) electrons. The maximum atomic E-state index is 13.1. The second-order valence-electron chi connectivity index (χ2n) is 5.69. The second kappa shape index (κ2) is 7.12. The number of halogens is 1. The Labute approximate surface area is 137 Å². The van der Waals surface area contributed by atoms with E-state index in [-0.39, 0.29) is 17.4 Å². The predicted octanol–water partition coefficient (Wildman–Crippen LogP) is 2.29. The minimum absolute atomic E-state index is 0.0598. The molecule has 0 fully saturated rings. The van der Waals surface area contributed by atoms with Crippen molar-refractivity contribution < 1.29 is 9.18 Å². The van der Waals surface area contributed by atoms with Crippen molar-refractivity contribution in [2.45, 2.75) is 19.3 Å². The van der Waals surface area contributed by atoms with Gasteiger partial charge in [0.15, 0.2) is 0 Å². The van der Waals surface area contributed by atoms with E-state index in [4.69, 9.17) is 0 Å². The molecule has 2 aromatic carbocycles. The molecule has 0 bridgehead atoms. The predicted molar refractivity (Wildman–Crippen MR) is 90.4 cm³/mol. The zero-order chi connectivity index (χ0) is 16.9. The second-order valence-corrected chi connectivity index (χ2v) is 5.69. The number of amides is 1. The van der Waals surface area contributed by atoms with Crippen LogP contribution in [0.3, 0.4) is 0 Å². The number of fused-ring (bicyclic) bond motifs is 1. The SMILES string of the molecule is O=C(CCc1cccc(F)c1)NCCc1ccc2[nH]c(=O)[nH]c2c1. The van der Waals surface area contributed by atoms with Crippen LogP contribution in [0.15, 0.2) is 47.3 Å². The van der Waals surface area contributed by atoms with E-state index < -0.39 is 0 Å². The van der Waals surface area contributed by atoms with Gasteiger partial charge in [0.25, 0.3) is 0 Å². The molecule has 0 saturated heterocycles. The highest BCUT2D eigenvalue weighted by atomic mass is 19.1. The number of hydrogen-bond acceptors (Lipinski definition) is 2. The van der Waals surface area contributed by atoms with Crippen molar-refractivity contribution in [3.63, 3.8) is 0 Å². The van der Waals surface area contributed by atoms with Gasteiger partial charge >= 0.3 is 5.69 Å². The Bertz CT molecular complexity index is 914. The Morgan fingerprint density at radius 3 is 2.62 bits per heavy atom. The molecular formula is C18H18FN3O2. The van der Waals surface area contributed by atoms with Crippen LogP contribution in [0.4, 0.5) is 4.39 Å². The Morgan fingerprint density at radius 1 is 1.00 bits per heavy atom. The van der Waals surface area contributed by atoms with E-state index in [0.29, 0.717) is 25.8 Å². The lowest BCUT2D eigenvalue weighted by molar-refractivity contribution is -0.121. The van der Waals surface area contributed by atoms with Gasteiger partial charge in [-0.15, -0.1) is 0 Å². The normalized spacial score (nSPS) is 10.9. The number of carbonyl (C=O) groups is 1. The average Bonchev–Trinajstić information content (AvgIpc) is 2.92. The number of carbonyl (C=O) groups excluding carboxylic acids is 1. The molecule has 5 nitrogen and oxygen atoms in total. The molecule has 1 aromatic heterocycles. The standard InChI is InChI=1S/C18H18FN3O2/c19-14-3-1-2-12(10-14)5-7-17(23)20-9-8-13-4-6-15-16(11-13)22-18(24)21-15/h1-4,6,10-11H,5,7-9H2,(H,20,23)(H2,21,22,24).